The molecule has 0 saturated carbocycles. The predicted molar refractivity (Wildman–Crippen MR) is 95.5 cm³/mol. The van der Waals surface area contributed by atoms with Crippen LogP contribution in [0.2, 0.25) is 0 Å². The highest BCUT2D eigenvalue weighted by molar-refractivity contribution is 7.89. The molecule has 0 fully saturated rings. The molecule has 0 atom stereocenters. The normalized spacial score (nSPS) is 11.5. The smallest absolute Gasteiger partial charge is 0.271 e. The van der Waals surface area contributed by atoms with Crippen molar-refractivity contribution in [3.8, 4) is 0 Å². The number of hydrogen-bond donors (Lipinski definition) is 1. The van der Waals surface area contributed by atoms with Crippen molar-refractivity contribution in [2.75, 3.05) is 18.4 Å². The van der Waals surface area contributed by atoms with Gasteiger partial charge in [-0.25, -0.2) is 8.42 Å². The molecule has 8 nitrogen and oxygen atoms in total. The maximum Gasteiger partial charge on any atom is 0.271 e. The summed E-state index contributed by atoms with van der Waals surface area (Å²) in [6, 6.07) is 6.84. The van der Waals surface area contributed by atoms with Crippen LogP contribution >= 0.6 is 11.3 Å². The topological polar surface area (TPSA) is 110 Å². The molecular formula is C15H17N3O5S2. The van der Waals surface area contributed by atoms with E-state index in [-0.39, 0.29) is 21.1 Å². The second-order valence-electron chi connectivity index (χ2n) is 5.00. The second kappa shape index (κ2) is 7.72. The summed E-state index contributed by atoms with van der Waals surface area (Å²) < 4.78 is 26.2. The Kier molecular flexibility index (Phi) is 5.88. The van der Waals surface area contributed by atoms with Crippen LogP contribution in [0.3, 0.4) is 0 Å². The average Bonchev–Trinajstić information content (AvgIpc) is 3.07. The van der Waals surface area contributed by atoms with Gasteiger partial charge in [0.1, 0.15) is 0 Å². The number of sulfonamides is 1. The first kappa shape index (κ1) is 19.0. The molecule has 1 heterocycles. The van der Waals surface area contributed by atoms with Crippen LogP contribution in [0, 0.1) is 10.1 Å². The zero-order valence-corrected chi connectivity index (χ0v) is 15.3. The summed E-state index contributed by atoms with van der Waals surface area (Å²) in [5.41, 5.74) is 0.120. The van der Waals surface area contributed by atoms with Gasteiger partial charge in [0.2, 0.25) is 10.0 Å². The molecule has 0 aliphatic carbocycles. The Morgan fingerprint density at radius 3 is 2.56 bits per heavy atom. The van der Waals surface area contributed by atoms with Gasteiger partial charge in [0, 0.05) is 36.3 Å². The molecule has 1 aromatic heterocycles. The Balaban J connectivity index is 2.21. The highest BCUT2D eigenvalue weighted by Crippen LogP contribution is 2.24. The monoisotopic (exact) mass is 383 g/mol. The van der Waals surface area contributed by atoms with Crippen molar-refractivity contribution in [2.45, 2.75) is 18.7 Å². The van der Waals surface area contributed by atoms with Gasteiger partial charge in [-0.2, -0.15) is 4.31 Å². The minimum atomic E-state index is -3.63. The van der Waals surface area contributed by atoms with Crippen molar-refractivity contribution >= 4 is 38.6 Å². The summed E-state index contributed by atoms with van der Waals surface area (Å²) in [7, 11) is -3.63. The molecular weight excluding hydrogens is 366 g/mol. The number of non-ortho nitro benzene ring substituents is 1. The molecule has 1 amide bonds. The second-order valence-corrected chi connectivity index (χ2v) is 7.85. The van der Waals surface area contributed by atoms with Crippen LogP contribution in [-0.2, 0) is 10.0 Å². The van der Waals surface area contributed by atoms with E-state index >= 15 is 0 Å². The number of anilines is 1. The summed E-state index contributed by atoms with van der Waals surface area (Å²) >= 11 is 1.00. The van der Waals surface area contributed by atoms with Crippen molar-refractivity contribution in [1.29, 1.82) is 0 Å². The Morgan fingerprint density at radius 2 is 1.96 bits per heavy atom. The highest BCUT2D eigenvalue weighted by Gasteiger charge is 2.24. The third kappa shape index (κ3) is 4.21. The maximum atomic E-state index is 12.4. The molecule has 25 heavy (non-hydrogen) atoms. The summed E-state index contributed by atoms with van der Waals surface area (Å²) in [5, 5.41) is 14.7. The lowest BCUT2D eigenvalue weighted by Crippen LogP contribution is -2.30. The standard InChI is InChI=1S/C15H17N3O5S2/c1-3-17(4-2)25(22,23)13-9-14(24-10-13)15(19)16-11-6-5-7-12(8-11)18(20)21/h5-10H,3-4H2,1-2H3,(H,16,19). The minimum absolute atomic E-state index is 0.0605. The number of nitro groups is 1. The Hall–Kier alpha value is -2.30. The fourth-order valence-electron chi connectivity index (χ4n) is 2.18. The number of rotatable bonds is 7. The van der Waals surface area contributed by atoms with Crippen LogP contribution in [0.1, 0.15) is 23.5 Å². The van der Waals surface area contributed by atoms with E-state index < -0.39 is 20.9 Å². The van der Waals surface area contributed by atoms with E-state index in [1.165, 1.54) is 40.0 Å². The maximum absolute atomic E-state index is 12.4. The average molecular weight is 383 g/mol. The Morgan fingerprint density at radius 1 is 1.28 bits per heavy atom. The quantitative estimate of drug-likeness (QED) is 0.584. The third-order valence-electron chi connectivity index (χ3n) is 3.46. The van der Waals surface area contributed by atoms with Crippen molar-refractivity contribution in [3.05, 3.63) is 50.7 Å². The molecule has 0 bridgehead atoms. The molecule has 0 saturated heterocycles. The fraction of sp³-hybridized carbons (Fsp3) is 0.267. The van der Waals surface area contributed by atoms with Crippen molar-refractivity contribution in [1.82, 2.24) is 4.31 Å². The van der Waals surface area contributed by atoms with Crippen LogP contribution in [0.4, 0.5) is 11.4 Å². The molecule has 134 valence electrons. The van der Waals surface area contributed by atoms with Gasteiger partial charge in [-0.3, -0.25) is 14.9 Å². The molecule has 1 N–H and O–H groups in total. The van der Waals surface area contributed by atoms with E-state index in [0.29, 0.717) is 13.1 Å². The summed E-state index contributed by atoms with van der Waals surface area (Å²) in [4.78, 5) is 22.7. The molecule has 2 aromatic rings. The van der Waals surface area contributed by atoms with Gasteiger partial charge in [-0.05, 0) is 12.1 Å². The highest BCUT2D eigenvalue weighted by atomic mass is 32.2. The Labute approximate surface area is 149 Å². The van der Waals surface area contributed by atoms with Gasteiger partial charge in [-0.1, -0.05) is 19.9 Å². The number of nitrogens with zero attached hydrogens (tertiary/aromatic N) is 2. The van der Waals surface area contributed by atoms with Gasteiger partial charge < -0.3 is 5.32 Å². The zero-order chi connectivity index (χ0) is 18.6. The number of benzene rings is 1. The van der Waals surface area contributed by atoms with Crippen LogP contribution in [0.15, 0.2) is 40.6 Å². The molecule has 0 radical (unpaired) electrons. The fourth-order valence-corrected chi connectivity index (χ4v) is 4.79. The molecule has 1 aromatic carbocycles. The molecule has 0 spiro atoms. The lowest BCUT2D eigenvalue weighted by atomic mass is 10.3. The number of hydrogen-bond acceptors (Lipinski definition) is 6. The lowest BCUT2D eigenvalue weighted by molar-refractivity contribution is -0.384. The van der Waals surface area contributed by atoms with Crippen LogP contribution in [0.25, 0.3) is 0 Å². The van der Waals surface area contributed by atoms with Gasteiger partial charge in [0.15, 0.2) is 0 Å². The van der Waals surface area contributed by atoms with E-state index in [2.05, 4.69) is 5.32 Å². The first-order chi connectivity index (χ1) is 11.8. The number of carbonyl (C=O) groups is 1. The third-order valence-corrected chi connectivity index (χ3v) is 6.56. The van der Waals surface area contributed by atoms with Crippen LogP contribution < -0.4 is 5.32 Å². The predicted octanol–water partition coefficient (Wildman–Crippen LogP) is 2.94. The number of amides is 1. The van der Waals surface area contributed by atoms with Crippen LogP contribution in [-0.4, -0.2) is 36.6 Å². The van der Waals surface area contributed by atoms with E-state index in [1.54, 1.807) is 13.8 Å². The van der Waals surface area contributed by atoms with E-state index in [0.717, 1.165) is 11.3 Å². The van der Waals surface area contributed by atoms with Gasteiger partial charge >= 0.3 is 0 Å². The van der Waals surface area contributed by atoms with Gasteiger partial charge in [0.25, 0.3) is 11.6 Å². The summed E-state index contributed by atoms with van der Waals surface area (Å²) in [6.07, 6.45) is 0. The lowest BCUT2D eigenvalue weighted by Gasteiger charge is -2.17. The number of nitro benzene ring substituents is 1. The first-order valence-corrected chi connectivity index (χ1v) is 9.76. The molecule has 2 rings (SSSR count). The molecule has 10 heteroatoms. The molecule has 0 aliphatic rings. The van der Waals surface area contributed by atoms with Gasteiger partial charge in [-0.15, -0.1) is 11.3 Å². The molecule has 0 aliphatic heterocycles. The largest absolute Gasteiger partial charge is 0.321 e. The number of carbonyl (C=O) groups excluding carboxylic acids is 1. The summed E-state index contributed by atoms with van der Waals surface area (Å²) in [6.45, 7) is 4.15. The number of nitrogens with one attached hydrogen (secondary N) is 1. The minimum Gasteiger partial charge on any atom is -0.321 e. The Bertz CT molecular complexity index is 888. The van der Waals surface area contributed by atoms with E-state index in [1.807, 2.05) is 0 Å². The van der Waals surface area contributed by atoms with Crippen molar-refractivity contribution in [2.24, 2.45) is 0 Å². The first-order valence-electron chi connectivity index (χ1n) is 7.44. The van der Waals surface area contributed by atoms with Crippen molar-refractivity contribution in [3.63, 3.8) is 0 Å². The van der Waals surface area contributed by atoms with Gasteiger partial charge in [0.05, 0.1) is 14.7 Å². The molecule has 0 unspecified atom stereocenters. The summed E-state index contributed by atoms with van der Waals surface area (Å²) in [5.74, 6) is -0.522. The van der Waals surface area contributed by atoms with E-state index in [9.17, 15) is 23.3 Å². The number of thiophene rings is 1. The SMILES string of the molecule is CCN(CC)S(=O)(=O)c1csc(C(=O)Nc2cccc([N+](=O)[O-])c2)c1. The van der Waals surface area contributed by atoms with Crippen LogP contribution in [0.5, 0.6) is 0 Å². The van der Waals surface area contributed by atoms with E-state index in [4.69, 9.17) is 0 Å². The van der Waals surface area contributed by atoms with Crippen molar-refractivity contribution < 1.29 is 18.1 Å². The zero-order valence-electron chi connectivity index (χ0n) is 13.6.